The summed E-state index contributed by atoms with van der Waals surface area (Å²) in [5.41, 5.74) is 0.419. The van der Waals surface area contributed by atoms with Gasteiger partial charge in [0, 0.05) is 33.3 Å². The molecule has 0 radical (unpaired) electrons. The van der Waals surface area contributed by atoms with Gasteiger partial charge >= 0.3 is 5.97 Å². The van der Waals surface area contributed by atoms with E-state index in [4.69, 9.17) is 32.7 Å². The number of aliphatic hydroxyl groups is 1. The Kier molecular flexibility index (Phi) is 7.32. The van der Waals surface area contributed by atoms with E-state index in [1.165, 1.54) is 0 Å². The summed E-state index contributed by atoms with van der Waals surface area (Å²) in [7, 11) is 1.56. The number of hydrogen-bond acceptors (Lipinski definition) is 5. The number of nitrogens with one attached hydrogen (secondary N) is 1. The summed E-state index contributed by atoms with van der Waals surface area (Å²) in [6.45, 7) is 3.98. The Morgan fingerprint density at radius 1 is 1.11 bits per heavy atom. The van der Waals surface area contributed by atoms with Crippen molar-refractivity contribution < 1.29 is 24.2 Å². The maximum Gasteiger partial charge on any atom is 0.338 e. The van der Waals surface area contributed by atoms with Crippen LogP contribution in [0.1, 0.15) is 47.3 Å². The molecular weight excluding hydrogens is 501 g/mol. The van der Waals surface area contributed by atoms with Gasteiger partial charge in [-0.05, 0) is 59.9 Å². The van der Waals surface area contributed by atoms with Crippen molar-refractivity contribution in [2.24, 2.45) is 0 Å². The second kappa shape index (κ2) is 10.1. The topological polar surface area (TPSA) is 84.9 Å². The molecule has 0 aliphatic carbocycles. The predicted octanol–water partition coefficient (Wildman–Crippen LogP) is 5.95. The summed E-state index contributed by atoms with van der Waals surface area (Å²) < 4.78 is 10.6. The number of cyclic esters (lactones) is 1. The first-order valence-corrected chi connectivity index (χ1v) is 12.2. The summed E-state index contributed by atoms with van der Waals surface area (Å²) in [4.78, 5) is 25.5. The monoisotopic (exact) mass is 527 g/mol. The lowest BCUT2D eigenvalue weighted by molar-refractivity contribution is -0.136. The number of fused-ring (bicyclic) bond motifs is 1. The lowest BCUT2D eigenvalue weighted by atomic mass is 9.72. The van der Waals surface area contributed by atoms with Crippen molar-refractivity contribution in [3.05, 3.63) is 93.0 Å². The fraction of sp³-hybridized carbons (Fsp3) is 0.286. The number of carbonyl (C=O) groups is 2. The molecule has 0 saturated carbocycles. The maximum atomic E-state index is 13.7. The fourth-order valence-corrected chi connectivity index (χ4v) is 5.05. The average Bonchev–Trinajstić information content (AvgIpc) is 3.20. The van der Waals surface area contributed by atoms with Crippen molar-refractivity contribution in [1.29, 1.82) is 0 Å². The van der Waals surface area contributed by atoms with E-state index in [0.717, 1.165) is 5.56 Å². The van der Waals surface area contributed by atoms with Gasteiger partial charge in [0.05, 0.1) is 12.7 Å². The second-order valence-electron chi connectivity index (χ2n) is 9.61. The van der Waals surface area contributed by atoms with Crippen LogP contribution in [0.4, 0.5) is 5.69 Å². The number of esters is 1. The van der Waals surface area contributed by atoms with Gasteiger partial charge < -0.3 is 19.9 Å². The van der Waals surface area contributed by atoms with Crippen molar-refractivity contribution in [2.75, 3.05) is 12.4 Å². The molecule has 8 heteroatoms. The Hall–Kier alpha value is -3.06. The normalized spacial score (nSPS) is 14.6. The van der Waals surface area contributed by atoms with E-state index in [1.54, 1.807) is 61.7 Å². The maximum absolute atomic E-state index is 13.7. The quantitative estimate of drug-likeness (QED) is 0.353. The molecule has 3 aromatic carbocycles. The molecule has 1 aliphatic rings. The molecule has 3 aromatic rings. The van der Waals surface area contributed by atoms with E-state index in [1.807, 2.05) is 19.9 Å². The number of hydrogen-bond donors (Lipinski definition) is 2. The van der Waals surface area contributed by atoms with Crippen LogP contribution in [0.3, 0.4) is 0 Å². The van der Waals surface area contributed by atoms with Gasteiger partial charge in [0.25, 0.3) is 5.91 Å². The average molecular weight is 528 g/mol. The highest BCUT2D eigenvalue weighted by atomic mass is 35.5. The highest BCUT2D eigenvalue weighted by Gasteiger charge is 2.43. The molecule has 188 valence electrons. The van der Waals surface area contributed by atoms with Gasteiger partial charge in [0.1, 0.15) is 18.0 Å². The van der Waals surface area contributed by atoms with Crippen LogP contribution in [-0.2, 0) is 28.0 Å². The van der Waals surface area contributed by atoms with E-state index in [9.17, 15) is 14.7 Å². The number of benzene rings is 3. The molecule has 1 heterocycles. The van der Waals surface area contributed by atoms with Gasteiger partial charge in [-0.1, -0.05) is 55.2 Å². The minimum atomic E-state index is -1.85. The van der Waals surface area contributed by atoms with Crippen LogP contribution in [0.15, 0.2) is 60.7 Å². The Bertz CT molecular complexity index is 1320. The first-order valence-electron chi connectivity index (χ1n) is 11.4. The van der Waals surface area contributed by atoms with E-state index in [2.05, 4.69) is 5.32 Å². The number of halogens is 2. The van der Waals surface area contributed by atoms with Crippen LogP contribution < -0.4 is 10.1 Å². The zero-order valence-corrected chi connectivity index (χ0v) is 21.7. The number of carbonyl (C=O) groups excluding carboxylic acids is 2. The molecule has 0 bridgehead atoms. The van der Waals surface area contributed by atoms with E-state index < -0.39 is 22.9 Å². The highest BCUT2D eigenvalue weighted by Crippen LogP contribution is 2.41. The smallest absolute Gasteiger partial charge is 0.338 e. The number of anilines is 1. The third-order valence-electron chi connectivity index (χ3n) is 6.43. The van der Waals surface area contributed by atoms with E-state index in [-0.39, 0.29) is 19.4 Å². The number of amides is 1. The summed E-state index contributed by atoms with van der Waals surface area (Å²) >= 11 is 12.7. The fourth-order valence-electron chi connectivity index (χ4n) is 4.67. The molecule has 0 fully saturated rings. The van der Waals surface area contributed by atoms with Crippen molar-refractivity contribution >= 4 is 40.8 Å². The first-order chi connectivity index (χ1) is 17.0. The third-order valence-corrected chi connectivity index (χ3v) is 7.03. The number of methoxy groups -OCH3 is 1. The van der Waals surface area contributed by atoms with Gasteiger partial charge in [-0.2, -0.15) is 0 Å². The SMILES string of the molecule is COc1ccc(Cl)cc1C(C)(C)CC(O)(Cc1ccccc1Cl)C(=O)Nc1ccc2c(c1)COC2=O. The molecule has 4 rings (SSSR count). The molecule has 0 saturated heterocycles. The Balaban J connectivity index is 1.69. The highest BCUT2D eigenvalue weighted by molar-refractivity contribution is 6.31. The van der Waals surface area contributed by atoms with Gasteiger partial charge in [0.15, 0.2) is 0 Å². The molecule has 36 heavy (non-hydrogen) atoms. The van der Waals surface area contributed by atoms with Crippen LogP contribution in [0.5, 0.6) is 5.75 Å². The third kappa shape index (κ3) is 5.36. The number of ether oxygens (including phenoxy) is 2. The standard InChI is InChI=1S/C28H27Cl2NO5/c1-27(2,22-13-19(29)8-11-24(22)35-3)16-28(34,14-17-6-4-5-7-23(17)30)26(33)31-20-9-10-21-18(12-20)15-36-25(21)32/h4-13,34H,14-16H2,1-3H3,(H,31,33). The van der Waals surface area contributed by atoms with Gasteiger partial charge in [0.2, 0.25) is 0 Å². The van der Waals surface area contributed by atoms with Crippen LogP contribution in [-0.4, -0.2) is 29.7 Å². The van der Waals surface area contributed by atoms with Crippen LogP contribution in [0, 0.1) is 0 Å². The van der Waals surface area contributed by atoms with Crippen molar-refractivity contribution in [1.82, 2.24) is 0 Å². The lowest BCUT2D eigenvalue weighted by Crippen LogP contribution is -2.49. The lowest BCUT2D eigenvalue weighted by Gasteiger charge is -2.36. The molecule has 1 atom stereocenters. The molecule has 1 amide bonds. The zero-order chi connectivity index (χ0) is 26.1. The van der Waals surface area contributed by atoms with Crippen molar-refractivity contribution in [3.8, 4) is 5.75 Å². The van der Waals surface area contributed by atoms with Crippen LogP contribution in [0.2, 0.25) is 10.0 Å². The molecule has 1 aliphatic heterocycles. The summed E-state index contributed by atoms with van der Waals surface area (Å²) in [5.74, 6) is -0.384. The van der Waals surface area contributed by atoms with E-state index in [0.29, 0.717) is 38.2 Å². The Labute approximate surface area is 220 Å². The van der Waals surface area contributed by atoms with Crippen LogP contribution >= 0.6 is 23.2 Å². The van der Waals surface area contributed by atoms with Gasteiger partial charge in [-0.3, -0.25) is 4.79 Å². The molecule has 2 N–H and O–H groups in total. The van der Waals surface area contributed by atoms with Crippen molar-refractivity contribution in [2.45, 2.75) is 44.3 Å². The predicted molar refractivity (Wildman–Crippen MR) is 140 cm³/mol. The number of rotatable bonds is 8. The van der Waals surface area contributed by atoms with E-state index >= 15 is 0 Å². The van der Waals surface area contributed by atoms with Crippen LogP contribution in [0.25, 0.3) is 0 Å². The molecule has 1 unspecified atom stereocenters. The molecule has 6 nitrogen and oxygen atoms in total. The molecule has 0 aromatic heterocycles. The zero-order valence-electron chi connectivity index (χ0n) is 20.2. The van der Waals surface area contributed by atoms with Gasteiger partial charge in [-0.25, -0.2) is 4.79 Å². The Morgan fingerprint density at radius 2 is 1.86 bits per heavy atom. The molecular formula is C28H27Cl2NO5. The molecule has 0 spiro atoms. The van der Waals surface area contributed by atoms with Crippen molar-refractivity contribution in [3.63, 3.8) is 0 Å². The van der Waals surface area contributed by atoms with Gasteiger partial charge in [-0.15, -0.1) is 0 Å². The minimum Gasteiger partial charge on any atom is -0.496 e. The Morgan fingerprint density at radius 3 is 2.58 bits per heavy atom. The first kappa shape index (κ1) is 26.0. The second-order valence-corrected chi connectivity index (χ2v) is 10.5. The largest absolute Gasteiger partial charge is 0.496 e. The minimum absolute atomic E-state index is 0.0165. The summed E-state index contributed by atoms with van der Waals surface area (Å²) in [6, 6.07) is 17.3. The summed E-state index contributed by atoms with van der Waals surface area (Å²) in [6.07, 6.45) is 0.0254. The summed E-state index contributed by atoms with van der Waals surface area (Å²) in [5, 5.41) is 15.8.